The molecule has 1 fully saturated rings. The van der Waals surface area contributed by atoms with Gasteiger partial charge in [0.2, 0.25) is 0 Å². The summed E-state index contributed by atoms with van der Waals surface area (Å²) in [5.74, 6) is 0.797. The summed E-state index contributed by atoms with van der Waals surface area (Å²) >= 11 is 0. The Morgan fingerprint density at radius 3 is 2.75 bits per heavy atom. The lowest BCUT2D eigenvalue weighted by Crippen LogP contribution is -2.38. The first-order valence-corrected chi connectivity index (χ1v) is 5.31. The zero-order valence-electron chi connectivity index (χ0n) is 8.73. The average Bonchev–Trinajstić information content (AvgIpc) is 2.02. The molecule has 0 aromatic carbocycles. The second-order valence-corrected chi connectivity index (χ2v) is 4.43. The Morgan fingerprint density at radius 2 is 2.17 bits per heavy atom. The Labute approximate surface area is 76.5 Å². The highest BCUT2D eigenvalue weighted by atomic mass is 16.5. The van der Waals surface area contributed by atoms with Gasteiger partial charge in [0.05, 0.1) is 5.60 Å². The predicted octanol–water partition coefficient (Wildman–Crippen LogP) is 3.38. The van der Waals surface area contributed by atoms with Gasteiger partial charge in [0, 0.05) is 6.61 Å². The molecule has 0 aromatic rings. The van der Waals surface area contributed by atoms with Crippen LogP contribution in [0.25, 0.3) is 0 Å². The van der Waals surface area contributed by atoms with Crippen LogP contribution in [0.15, 0.2) is 0 Å². The molecule has 1 saturated heterocycles. The first-order chi connectivity index (χ1) is 5.67. The molecular formula is C11H22O. The van der Waals surface area contributed by atoms with E-state index in [4.69, 9.17) is 4.74 Å². The van der Waals surface area contributed by atoms with E-state index in [-0.39, 0.29) is 5.60 Å². The van der Waals surface area contributed by atoms with Crippen LogP contribution >= 0.6 is 0 Å². The molecule has 1 aliphatic heterocycles. The van der Waals surface area contributed by atoms with E-state index in [1.54, 1.807) is 0 Å². The van der Waals surface area contributed by atoms with E-state index in [2.05, 4.69) is 20.8 Å². The lowest BCUT2D eigenvalue weighted by Gasteiger charge is -2.38. The van der Waals surface area contributed by atoms with Crippen molar-refractivity contribution in [3.63, 3.8) is 0 Å². The van der Waals surface area contributed by atoms with Crippen molar-refractivity contribution in [1.82, 2.24) is 0 Å². The Morgan fingerprint density at radius 1 is 1.42 bits per heavy atom. The van der Waals surface area contributed by atoms with Crippen LogP contribution in [0.2, 0.25) is 0 Å². The van der Waals surface area contributed by atoms with Gasteiger partial charge in [-0.2, -0.15) is 0 Å². The molecule has 1 nitrogen and oxygen atoms in total. The third kappa shape index (κ3) is 2.48. The van der Waals surface area contributed by atoms with Crippen molar-refractivity contribution in [3.05, 3.63) is 0 Å². The normalized spacial score (nSPS) is 28.8. The molecule has 1 unspecified atom stereocenters. The first-order valence-electron chi connectivity index (χ1n) is 5.31. The predicted molar refractivity (Wildman–Crippen MR) is 52.3 cm³/mol. The number of ether oxygens (including phenoxy) is 1. The van der Waals surface area contributed by atoms with Gasteiger partial charge in [-0.25, -0.2) is 0 Å². The van der Waals surface area contributed by atoms with Crippen molar-refractivity contribution in [1.29, 1.82) is 0 Å². The fourth-order valence-corrected chi connectivity index (χ4v) is 2.07. The van der Waals surface area contributed by atoms with Gasteiger partial charge in [0.25, 0.3) is 0 Å². The van der Waals surface area contributed by atoms with Crippen LogP contribution in [0.3, 0.4) is 0 Å². The van der Waals surface area contributed by atoms with E-state index in [9.17, 15) is 0 Å². The van der Waals surface area contributed by atoms with E-state index in [1.807, 2.05) is 0 Å². The summed E-state index contributed by atoms with van der Waals surface area (Å²) in [6.07, 6.45) is 6.65. The van der Waals surface area contributed by atoms with Gasteiger partial charge in [-0.1, -0.05) is 19.8 Å². The van der Waals surface area contributed by atoms with E-state index < -0.39 is 0 Å². The summed E-state index contributed by atoms with van der Waals surface area (Å²) in [6.45, 7) is 7.71. The SMILES string of the molecule is CCCCC1CCCOC1(C)C. The van der Waals surface area contributed by atoms with E-state index >= 15 is 0 Å². The van der Waals surface area contributed by atoms with Crippen molar-refractivity contribution < 1.29 is 4.74 Å². The average molecular weight is 170 g/mol. The fraction of sp³-hybridized carbons (Fsp3) is 1.00. The lowest BCUT2D eigenvalue weighted by molar-refractivity contribution is -0.0960. The summed E-state index contributed by atoms with van der Waals surface area (Å²) in [4.78, 5) is 0. The van der Waals surface area contributed by atoms with E-state index in [0.717, 1.165) is 12.5 Å². The topological polar surface area (TPSA) is 9.23 Å². The highest BCUT2D eigenvalue weighted by molar-refractivity contribution is 4.82. The van der Waals surface area contributed by atoms with Crippen LogP contribution in [0, 0.1) is 5.92 Å². The van der Waals surface area contributed by atoms with Gasteiger partial charge < -0.3 is 4.74 Å². The Hall–Kier alpha value is -0.0400. The molecule has 0 saturated carbocycles. The monoisotopic (exact) mass is 170 g/mol. The summed E-state index contributed by atoms with van der Waals surface area (Å²) in [5.41, 5.74) is 0.146. The molecule has 0 aliphatic carbocycles. The second kappa shape index (κ2) is 4.27. The molecular weight excluding hydrogens is 148 g/mol. The Kier molecular flexibility index (Phi) is 3.57. The molecule has 0 spiro atoms. The standard InChI is InChI=1S/C11H22O/c1-4-5-7-10-8-6-9-12-11(10,2)3/h10H,4-9H2,1-3H3. The lowest BCUT2D eigenvalue weighted by atomic mass is 9.81. The van der Waals surface area contributed by atoms with Crippen LogP contribution in [0.4, 0.5) is 0 Å². The molecule has 0 N–H and O–H groups in total. The zero-order chi connectivity index (χ0) is 9.03. The van der Waals surface area contributed by atoms with Crippen LogP contribution in [-0.4, -0.2) is 12.2 Å². The van der Waals surface area contributed by atoms with Gasteiger partial charge in [0.1, 0.15) is 0 Å². The summed E-state index contributed by atoms with van der Waals surface area (Å²) in [6, 6.07) is 0. The summed E-state index contributed by atoms with van der Waals surface area (Å²) < 4.78 is 5.77. The van der Waals surface area contributed by atoms with Crippen molar-refractivity contribution in [2.45, 2.75) is 58.5 Å². The van der Waals surface area contributed by atoms with Crippen LogP contribution < -0.4 is 0 Å². The van der Waals surface area contributed by atoms with Crippen molar-refractivity contribution in [2.75, 3.05) is 6.61 Å². The molecule has 0 radical (unpaired) electrons. The molecule has 0 amide bonds. The number of unbranched alkanes of at least 4 members (excludes halogenated alkanes) is 1. The maximum atomic E-state index is 5.77. The maximum Gasteiger partial charge on any atom is 0.0654 e. The van der Waals surface area contributed by atoms with E-state index in [0.29, 0.717) is 0 Å². The second-order valence-electron chi connectivity index (χ2n) is 4.43. The van der Waals surface area contributed by atoms with Crippen molar-refractivity contribution >= 4 is 0 Å². The molecule has 0 bridgehead atoms. The number of rotatable bonds is 3. The quantitative estimate of drug-likeness (QED) is 0.631. The molecule has 72 valence electrons. The highest BCUT2D eigenvalue weighted by Gasteiger charge is 2.32. The van der Waals surface area contributed by atoms with Crippen LogP contribution in [-0.2, 0) is 4.74 Å². The molecule has 1 atom stereocenters. The zero-order valence-corrected chi connectivity index (χ0v) is 8.73. The van der Waals surface area contributed by atoms with Gasteiger partial charge in [-0.3, -0.25) is 0 Å². The molecule has 1 rings (SSSR count). The minimum atomic E-state index is 0.146. The summed E-state index contributed by atoms with van der Waals surface area (Å²) in [7, 11) is 0. The Bertz CT molecular complexity index is 129. The van der Waals surface area contributed by atoms with Gasteiger partial charge in [0.15, 0.2) is 0 Å². The van der Waals surface area contributed by atoms with Crippen molar-refractivity contribution in [2.24, 2.45) is 5.92 Å². The number of hydrogen-bond donors (Lipinski definition) is 0. The minimum Gasteiger partial charge on any atom is -0.375 e. The molecule has 1 heteroatoms. The smallest absolute Gasteiger partial charge is 0.0654 e. The van der Waals surface area contributed by atoms with Gasteiger partial charge in [-0.05, 0) is 39.0 Å². The third-order valence-corrected chi connectivity index (χ3v) is 3.06. The molecule has 1 heterocycles. The Balaban J connectivity index is 2.37. The summed E-state index contributed by atoms with van der Waals surface area (Å²) in [5, 5.41) is 0. The molecule has 12 heavy (non-hydrogen) atoms. The van der Waals surface area contributed by atoms with Crippen molar-refractivity contribution in [3.8, 4) is 0 Å². The van der Waals surface area contributed by atoms with Gasteiger partial charge >= 0.3 is 0 Å². The van der Waals surface area contributed by atoms with Gasteiger partial charge in [-0.15, -0.1) is 0 Å². The molecule has 0 aromatic heterocycles. The van der Waals surface area contributed by atoms with E-state index in [1.165, 1.54) is 32.1 Å². The molecule has 1 aliphatic rings. The fourth-order valence-electron chi connectivity index (χ4n) is 2.07. The van der Waals surface area contributed by atoms with Crippen LogP contribution in [0.1, 0.15) is 52.9 Å². The highest BCUT2D eigenvalue weighted by Crippen LogP contribution is 2.33. The minimum absolute atomic E-state index is 0.146. The third-order valence-electron chi connectivity index (χ3n) is 3.06. The number of hydrogen-bond acceptors (Lipinski definition) is 1. The largest absolute Gasteiger partial charge is 0.375 e. The maximum absolute atomic E-state index is 5.77. The van der Waals surface area contributed by atoms with Crippen LogP contribution in [0.5, 0.6) is 0 Å². The first kappa shape index (κ1) is 10.0.